The summed E-state index contributed by atoms with van der Waals surface area (Å²) in [4.78, 5) is 7.77. The van der Waals surface area contributed by atoms with Crippen LogP contribution in [-0.2, 0) is 0 Å². The summed E-state index contributed by atoms with van der Waals surface area (Å²) < 4.78 is 13.0. The van der Waals surface area contributed by atoms with Gasteiger partial charge < -0.3 is 11.1 Å². The Morgan fingerprint density at radius 3 is 2.75 bits per heavy atom. The second kappa shape index (κ2) is 4.14. The van der Waals surface area contributed by atoms with E-state index >= 15 is 0 Å². The van der Waals surface area contributed by atoms with Gasteiger partial charge in [-0.15, -0.1) is 0 Å². The number of nitrogens with two attached hydrogens (primary N) is 1. The minimum absolute atomic E-state index is 0.229. The van der Waals surface area contributed by atoms with Crippen LogP contribution in [0.1, 0.15) is 5.56 Å². The molecule has 82 valence electrons. The molecule has 0 bridgehead atoms. The summed E-state index contributed by atoms with van der Waals surface area (Å²) in [5.74, 6) is 0.739. The molecule has 0 saturated heterocycles. The summed E-state index contributed by atoms with van der Waals surface area (Å²) in [5.41, 5.74) is 6.85. The number of rotatable bonds is 2. The fourth-order valence-corrected chi connectivity index (χ4v) is 1.31. The van der Waals surface area contributed by atoms with Crippen molar-refractivity contribution < 1.29 is 4.39 Å². The van der Waals surface area contributed by atoms with Crippen LogP contribution in [0, 0.1) is 12.7 Å². The van der Waals surface area contributed by atoms with E-state index in [-0.39, 0.29) is 5.82 Å². The van der Waals surface area contributed by atoms with Gasteiger partial charge in [0.15, 0.2) is 0 Å². The van der Waals surface area contributed by atoms with Gasteiger partial charge >= 0.3 is 0 Å². The molecule has 1 aromatic carbocycles. The van der Waals surface area contributed by atoms with Crippen LogP contribution in [-0.4, -0.2) is 9.97 Å². The van der Waals surface area contributed by atoms with Gasteiger partial charge in [0.05, 0.1) is 0 Å². The van der Waals surface area contributed by atoms with E-state index in [1.807, 2.05) is 0 Å². The Morgan fingerprint density at radius 1 is 1.25 bits per heavy atom. The number of halogens is 1. The van der Waals surface area contributed by atoms with E-state index in [9.17, 15) is 4.39 Å². The zero-order valence-electron chi connectivity index (χ0n) is 8.74. The van der Waals surface area contributed by atoms with Gasteiger partial charge in [0.1, 0.15) is 23.8 Å². The average Bonchev–Trinajstić information content (AvgIpc) is 2.24. The average molecular weight is 218 g/mol. The van der Waals surface area contributed by atoms with Gasteiger partial charge in [-0.3, -0.25) is 0 Å². The van der Waals surface area contributed by atoms with E-state index in [0.29, 0.717) is 17.2 Å². The number of aryl methyl sites for hydroxylation is 1. The maximum atomic E-state index is 13.0. The highest BCUT2D eigenvalue weighted by Gasteiger charge is 2.00. The number of hydrogen-bond donors (Lipinski definition) is 2. The molecular formula is C11H11FN4. The van der Waals surface area contributed by atoms with E-state index in [0.717, 1.165) is 5.69 Å². The van der Waals surface area contributed by atoms with E-state index in [4.69, 9.17) is 5.73 Å². The molecule has 0 atom stereocenters. The Balaban J connectivity index is 2.24. The normalized spacial score (nSPS) is 10.1. The van der Waals surface area contributed by atoms with Crippen molar-refractivity contribution in [2.24, 2.45) is 0 Å². The Kier molecular flexibility index (Phi) is 2.68. The van der Waals surface area contributed by atoms with Crippen molar-refractivity contribution in [1.82, 2.24) is 9.97 Å². The van der Waals surface area contributed by atoms with Crippen LogP contribution >= 0.6 is 0 Å². The highest BCUT2D eigenvalue weighted by molar-refractivity contribution is 5.58. The summed E-state index contributed by atoms with van der Waals surface area (Å²) in [6, 6.07) is 6.36. The third-order valence-corrected chi connectivity index (χ3v) is 2.12. The number of nitrogen functional groups attached to an aromatic ring is 1. The molecule has 0 radical (unpaired) electrons. The number of anilines is 3. The molecule has 2 aromatic rings. The second-order valence-electron chi connectivity index (χ2n) is 3.42. The van der Waals surface area contributed by atoms with Gasteiger partial charge in [0, 0.05) is 11.8 Å². The minimum atomic E-state index is -0.229. The maximum absolute atomic E-state index is 13.0. The van der Waals surface area contributed by atoms with Crippen LogP contribution in [0.25, 0.3) is 0 Å². The predicted molar refractivity (Wildman–Crippen MR) is 60.9 cm³/mol. The van der Waals surface area contributed by atoms with E-state index in [1.54, 1.807) is 25.1 Å². The third-order valence-electron chi connectivity index (χ3n) is 2.12. The first kappa shape index (κ1) is 10.4. The maximum Gasteiger partial charge on any atom is 0.135 e. The highest BCUT2D eigenvalue weighted by Crippen LogP contribution is 2.18. The molecule has 2 rings (SSSR count). The van der Waals surface area contributed by atoms with E-state index < -0.39 is 0 Å². The number of aromatic nitrogens is 2. The van der Waals surface area contributed by atoms with Gasteiger partial charge in [0.2, 0.25) is 0 Å². The highest BCUT2D eigenvalue weighted by atomic mass is 19.1. The largest absolute Gasteiger partial charge is 0.384 e. The number of hydrogen-bond acceptors (Lipinski definition) is 4. The Bertz CT molecular complexity index is 513. The van der Waals surface area contributed by atoms with Crippen molar-refractivity contribution in [3.63, 3.8) is 0 Å². The molecule has 0 aliphatic carbocycles. The number of nitrogens with zero attached hydrogens (tertiary/aromatic N) is 2. The zero-order chi connectivity index (χ0) is 11.5. The molecule has 5 heteroatoms. The third kappa shape index (κ3) is 2.25. The first-order valence-corrected chi connectivity index (χ1v) is 4.76. The second-order valence-corrected chi connectivity index (χ2v) is 3.42. The van der Waals surface area contributed by atoms with Gasteiger partial charge in [-0.05, 0) is 30.7 Å². The lowest BCUT2D eigenvalue weighted by Crippen LogP contribution is -1.97. The van der Waals surface area contributed by atoms with Crippen molar-refractivity contribution in [1.29, 1.82) is 0 Å². The quantitative estimate of drug-likeness (QED) is 0.811. The topological polar surface area (TPSA) is 63.8 Å². The van der Waals surface area contributed by atoms with Gasteiger partial charge in [-0.2, -0.15) is 0 Å². The molecule has 0 aliphatic rings. The smallest absolute Gasteiger partial charge is 0.135 e. The van der Waals surface area contributed by atoms with Crippen molar-refractivity contribution in [3.8, 4) is 0 Å². The van der Waals surface area contributed by atoms with Crippen molar-refractivity contribution in [2.45, 2.75) is 6.92 Å². The predicted octanol–water partition coefficient (Wildman–Crippen LogP) is 2.25. The standard InChI is InChI=1S/C11H11FN4/c1-7-4-8(2-3-9(7)12)16-11-5-10(13)14-6-15-11/h2-6H,1H3,(H3,13,14,15,16). The number of benzene rings is 1. The minimum Gasteiger partial charge on any atom is -0.384 e. The molecule has 0 aliphatic heterocycles. The van der Waals surface area contributed by atoms with Crippen LogP contribution < -0.4 is 11.1 Å². The summed E-state index contributed by atoms with van der Waals surface area (Å²) in [6.45, 7) is 1.70. The molecule has 0 saturated carbocycles. The monoisotopic (exact) mass is 218 g/mol. The molecule has 0 spiro atoms. The molecule has 1 heterocycles. The SMILES string of the molecule is Cc1cc(Nc2cc(N)ncn2)ccc1F. The molecule has 0 unspecified atom stereocenters. The lowest BCUT2D eigenvalue weighted by atomic mass is 10.2. The Labute approximate surface area is 92.3 Å². The molecule has 4 nitrogen and oxygen atoms in total. The molecule has 1 aromatic heterocycles. The van der Waals surface area contributed by atoms with Crippen LogP contribution in [0.4, 0.5) is 21.7 Å². The van der Waals surface area contributed by atoms with Crippen LogP contribution in [0.2, 0.25) is 0 Å². The van der Waals surface area contributed by atoms with Crippen molar-refractivity contribution in [3.05, 3.63) is 42.0 Å². The molecule has 3 N–H and O–H groups in total. The van der Waals surface area contributed by atoms with Crippen molar-refractivity contribution >= 4 is 17.3 Å². The zero-order valence-corrected chi connectivity index (χ0v) is 8.74. The summed E-state index contributed by atoms with van der Waals surface area (Å²) >= 11 is 0. The van der Waals surface area contributed by atoms with Crippen LogP contribution in [0.5, 0.6) is 0 Å². The van der Waals surface area contributed by atoms with Gasteiger partial charge in [-0.1, -0.05) is 0 Å². The number of nitrogens with one attached hydrogen (secondary N) is 1. The Hall–Kier alpha value is -2.17. The molecule has 0 amide bonds. The van der Waals surface area contributed by atoms with Gasteiger partial charge in [0.25, 0.3) is 0 Å². The fourth-order valence-electron chi connectivity index (χ4n) is 1.31. The lowest BCUT2D eigenvalue weighted by Gasteiger charge is -2.06. The molecule has 0 fully saturated rings. The molecular weight excluding hydrogens is 207 g/mol. The first-order valence-electron chi connectivity index (χ1n) is 4.76. The summed E-state index contributed by atoms with van der Waals surface area (Å²) in [7, 11) is 0. The van der Waals surface area contributed by atoms with Gasteiger partial charge in [-0.25, -0.2) is 14.4 Å². The van der Waals surface area contributed by atoms with Crippen molar-refractivity contribution in [2.75, 3.05) is 11.1 Å². The lowest BCUT2D eigenvalue weighted by molar-refractivity contribution is 0.619. The Morgan fingerprint density at radius 2 is 2.06 bits per heavy atom. The summed E-state index contributed by atoms with van der Waals surface area (Å²) in [5, 5.41) is 3.02. The first-order chi connectivity index (χ1) is 7.65. The van der Waals surface area contributed by atoms with E-state index in [2.05, 4.69) is 15.3 Å². The summed E-state index contributed by atoms with van der Waals surface area (Å²) in [6.07, 6.45) is 1.37. The van der Waals surface area contributed by atoms with Crippen LogP contribution in [0.15, 0.2) is 30.6 Å². The molecule has 16 heavy (non-hydrogen) atoms. The fraction of sp³-hybridized carbons (Fsp3) is 0.0909. The van der Waals surface area contributed by atoms with Crippen LogP contribution in [0.3, 0.4) is 0 Å². The van der Waals surface area contributed by atoms with E-state index in [1.165, 1.54) is 12.4 Å².